The number of ketones is 1. The highest BCUT2D eigenvalue weighted by atomic mass is 35.5. The highest BCUT2D eigenvalue weighted by molar-refractivity contribution is 6.30. The van der Waals surface area contributed by atoms with Gasteiger partial charge in [-0.3, -0.25) is 14.3 Å². The van der Waals surface area contributed by atoms with Crippen LogP contribution >= 0.6 is 11.6 Å². The van der Waals surface area contributed by atoms with Gasteiger partial charge in [0, 0.05) is 43.5 Å². The minimum Gasteiger partial charge on any atom is -0.341 e. The molecule has 0 unspecified atom stereocenters. The van der Waals surface area contributed by atoms with Gasteiger partial charge in [0.2, 0.25) is 5.91 Å². The molecule has 0 bridgehead atoms. The van der Waals surface area contributed by atoms with Crippen LogP contribution in [0.1, 0.15) is 76.2 Å². The number of nitrogens with zero attached hydrogens (tertiary/aromatic N) is 4. The fourth-order valence-corrected chi connectivity index (χ4v) is 7.03. The van der Waals surface area contributed by atoms with E-state index in [0.29, 0.717) is 36.0 Å². The van der Waals surface area contributed by atoms with Gasteiger partial charge >= 0.3 is 0 Å². The topological polar surface area (TPSA) is 80.1 Å². The van der Waals surface area contributed by atoms with E-state index < -0.39 is 0 Å². The van der Waals surface area contributed by atoms with Gasteiger partial charge in [-0.25, -0.2) is 4.98 Å². The SMILES string of the molecule is O=C1CCC(N[C@H](Cc2ccc(Cl)cc2)C(=O)N2CCC(Cn3cncn3)(C3CCCCC3)CC2)CC1. The number of piperidine rings is 1. The zero-order chi connectivity index (χ0) is 25.7. The maximum atomic E-state index is 14.0. The monoisotopic (exact) mass is 525 g/mol. The highest BCUT2D eigenvalue weighted by Gasteiger charge is 2.43. The number of nitrogens with one attached hydrogen (secondary N) is 1. The van der Waals surface area contributed by atoms with E-state index >= 15 is 0 Å². The summed E-state index contributed by atoms with van der Waals surface area (Å²) >= 11 is 6.11. The van der Waals surface area contributed by atoms with E-state index in [0.717, 1.165) is 50.9 Å². The molecule has 2 saturated carbocycles. The summed E-state index contributed by atoms with van der Waals surface area (Å²) in [7, 11) is 0. The van der Waals surface area contributed by atoms with Gasteiger partial charge in [-0.1, -0.05) is 43.0 Å². The van der Waals surface area contributed by atoms with E-state index in [1.54, 1.807) is 6.33 Å². The van der Waals surface area contributed by atoms with Crippen LogP contribution in [-0.2, 0) is 22.6 Å². The predicted octanol–water partition coefficient (Wildman–Crippen LogP) is 4.83. The van der Waals surface area contributed by atoms with Crippen LogP contribution in [0.3, 0.4) is 0 Å². The Morgan fingerprint density at radius 3 is 2.41 bits per heavy atom. The van der Waals surface area contributed by atoms with Crippen molar-refractivity contribution in [1.82, 2.24) is 25.0 Å². The molecular weight excluding hydrogens is 486 g/mol. The van der Waals surface area contributed by atoms with Crippen molar-refractivity contribution in [3.8, 4) is 0 Å². The number of halogens is 1. The lowest BCUT2D eigenvalue weighted by Gasteiger charge is -2.48. The van der Waals surface area contributed by atoms with Gasteiger partial charge < -0.3 is 10.2 Å². The number of benzene rings is 1. The molecular formula is C29H40ClN5O2. The first-order chi connectivity index (χ1) is 18.0. The maximum Gasteiger partial charge on any atom is 0.240 e. The first kappa shape index (κ1) is 26.4. The molecule has 2 aromatic rings. The van der Waals surface area contributed by atoms with Gasteiger partial charge in [-0.2, -0.15) is 5.10 Å². The van der Waals surface area contributed by atoms with Crippen LogP contribution in [0.4, 0.5) is 0 Å². The zero-order valence-corrected chi connectivity index (χ0v) is 22.5. The van der Waals surface area contributed by atoms with Crippen molar-refractivity contribution in [3.63, 3.8) is 0 Å². The number of rotatable bonds is 8. The van der Waals surface area contributed by atoms with Crippen LogP contribution in [-0.4, -0.2) is 56.5 Å². The molecule has 1 saturated heterocycles. The van der Waals surface area contributed by atoms with E-state index in [1.165, 1.54) is 32.1 Å². The largest absolute Gasteiger partial charge is 0.341 e. The molecule has 0 spiro atoms. The molecule has 1 atom stereocenters. The van der Waals surface area contributed by atoms with Crippen LogP contribution in [0.5, 0.6) is 0 Å². The van der Waals surface area contributed by atoms with Crippen LogP contribution < -0.4 is 5.32 Å². The van der Waals surface area contributed by atoms with Gasteiger partial charge in [-0.05, 0) is 74.0 Å². The summed E-state index contributed by atoms with van der Waals surface area (Å²) in [6, 6.07) is 7.71. The molecule has 1 amide bonds. The van der Waals surface area contributed by atoms with Crippen LogP contribution in [0.15, 0.2) is 36.9 Å². The van der Waals surface area contributed by atoms with E-state index in [-0.39, 0.29) is 23.4 Å². The lowest BCUT2D eigenvalue weighted by molar-refractivity contribution is -0.137. The van der Waals surface area contributed by atoms with E-state index in [1.807, 2.05) is 35.3 Å². The number of carbonyl (C=O) groups is 2. The van der Waals surface area contributed by atoms with Gasteiger partial charge in [0.05, 0.1) is 6.04 Å². The first-order valence-corrected chi connectivity index (χ1v) is 14.5. The molecule has 8 heteroatoms. The van der Waals surface area contributed by atoms with Crippen molar-refractivity contribution < 1.29 is 9.59 Å². The Balaban J connectivity index is 1.29. The maximum absolute atomic E-state index is 14.0. The lowest BCUT2D eigenvalue weighted by atomic mass is 9.63. The molecule has 2 heterocycles. The molecule has 1 aromatic heterocycles. The third kappa shape index (κ3) is 6.61. The third-order valence-electron chi connectivity index (χ3n) is 9.12. The fourth-order valence-electron chi connectivity index (χ4n) is 6.90. The summed E-state index contributed by atoms with van der Waals surface area (Å²) < 4.78 is 2.00. The number of hydrogen-bond donors (Lipinski definition) is 1. The van der Waals surface area contributed by atoms with E-state index in [2.05, 4.69) is 20.3 Å². The molecule has 2 aliphatic carbocycles. The van der Waals surface area contributed by atoms with Gasteiger partial charge in [0.25, 0.3) is 0 Å². The summed E-state index contributed by atoms with van der Waals surface area (Å²) in [6.45, 7) is 2.46. The molecule has 5 rings (SSSR count). The summed E-state index contributed by atoms with van der Waals surface area (Å²) in [6.07, 6.45) is 15.5. The molecule has 1 N–H and O–H groups in total. The average Bonchev–Trinajstić information content (AvgIpc) is 3.44. The second-order valence-electron chi connectivity index (χ2n) is 11.5. The Morgan fingerprint density at radius 1 is 1.05 bits per heavy atom. The van der Waals surface area contributed by atoms with Crippen molar-refractivity contribution in [1.29, 1.82) is 0 Å². The number of aromatic nitrogens is 3. The highest BCUT2D eigenvalue weighted by Crippen LogP contribution is 2.47. The second kappa shape index (κ2) is 12.1. The average molecular weight is 526 g/mol. The molecule has 200 valence electrons. The van der Waals surface area contributed by atoms with Crippen molar-refractivity contribution in [3.05, 3.63) is 47.5 Å². The Kier molecular flexibility index (Phi) is 8.60. The van der Waals surface area contributed by atoms with Crippen molar-refractivity contribution in [2.75, 3.05) is 13.1 Å². The predicted molar refractivity (Wildman–Crippen MR) is 144 cm³/mol. The van der Waals surface area contributed by atoms with Crippen LogP contribution in [0, 0.1) is 11.3 Å². The van der Waals surface area contributed by atoms with Gasteiger partial charge in [0.15, 0.2) is 0 Å². The van der Waals surface area contributed by atoms with E-state index in [4.69, 9.17) is 11.6 Å². The molecule has 7 nitrogen and oxygen atoms in total. The number of Topliss-reactive ketones (excluding diaryl/α,β-unsaturated/α-hetero) is 1. The quantitative estimate of drug-likeness (QED) is 0.533. The minimum atomic E-state index is -0.295. The zero-order valence-electron chi connectivity index (χ0n) is 21.8. The summed E-state index contributed by atoms with van der Waals surface area (Å²) in [5, 5.41) is 8.80. The Hall–Kier alpha value is -2.25. The number of carbonyl (C=O) groups excluding carboxylic acids is 2. The number of amides is 1. The fraction of sp³-hybridized carbons (Fsp3) is 0.655. The third-order valence-corrected chi connectivity index (χ3v) is 9.37. The normalized spacial score (nSPS) is 22.2. The molecule has 37 heavy (non-hydrogen) atoms. The Bertz CT molecular complexity index is 1020. The van der Waals surface area contributed by atoms with Gasteiger partial charge in [-0.15, -0.1) is 0 Å². The Labute approximate surface area is 225 Å². The van der Waals surface area contributed by atoms with Crippen molar-refractivity contribution in [2.24, 2.45) is 11.3 Å². The minimum absolute atomic E-state index is 0.174. The molecule has 1 aliphatic heterocycles. The Morgan fingerprint density at radius 2 is 1.76 bits per heavy atom. The second-order valence-corrected chi connectivity index (χ2v) is 11.9. The molecule has 1 aromatic carbocycles. The standard InChI is InChI=1S/C29H40ClN5O2/c30-24-8-6-22(7-9-24)18-27(33-25-10-12-26(36)13-11-25)28(37)34-16-14-29(15-17-34,19-35-21-31-20-32-35)23-4-2-1-3-5-23/h6-9,20-21,23,25,27,33H,1-5,10-19H2/t27-/m1/s1. The molecule has 3 fully saturated rings. The van der Waals surface area contributed by atoms with Crippen LogP contribution in [0.2, 0.25) is 5.02 Å². The van der Waals surface area contributed by atoms with Gasteiger partial charge in [0.1, 0.15) is 18.4 Å². The van der Waals surface area contributed by atoms with Crippen molar-refractivity contribution >= 4 is 23.3 Å². The lowest BCUT2D eigenvalue weighted by Crippen LogP contribution is -2.55. The van der Waals surface area contributed by atoms with E-state index in [9.17, 15) is 9.59 Å². The van der Waals surface area contributed by atoms with Crippen LogP contribution in [0.25, 0.3) is 0 Å². The number of likely N-dealkylation sites (tertiary alicyclic amines) is 1. The summed E-state index contributed by atoms with van der Waals surface area (Å²) in [5.41, 5.74) is 1.27. The summed E-state index contributed by atoms with van der Waals surface area (Å²) in [5.74, 6) is 1.21. The molecule has 3 aliphatic rings. The molecule has 0 radical (unpaired) electrons. The first-order valence-electron chi connectivity index (χ1n) is 14.1. The smallest absolute Gasteiger partial charge is 0.240 e. The summed E-state index contributed by atoms with van der Waals surface area (Å²) in [4.78, 5) is 32.0. The van der Waals surface area contributed by atoms with Crippen molar-refractivity contribution in [2.45, 2.75) is 95.7 Å². The number of hydrogen-bond acceptors (Lipinski definition) is 5.